The molecule has 0 bridgehead atoms. The molecule has 0 amide bonds. The summed E-state index contributed by atoms with van der Waals surface area (Å²) in [6.45, 7) is 3.91. The van der Waals surface area contributed by atoms with E-state index in [-0.39, 0.29) is 0 Å². The first-order valence-corrected chi connectivity index (χ1v) is 5.28. The number of benzene rings is 1. The first-order valence-electron chi connectivity index (χ1n) is 4.90. The molecule has 0 aliphatic heterocycles. The fourth-order valence-electron chi connectivity index (χ4n) is 1.63. The zero-order valence-electron chi connectivity index (χ0n) is 9.07. The zero-order valence-corrected chi connectivity index (χ0v) is 9.82. The molecular formula is C12H11ClN2O. The number of hydrogen-bond donors (Lipinski definition) is 0. The maximum atomic E-state index is 10.6. The highest BCUT2D eigenvalue weighted by Gasteiger charge is 2.06. The van der Waals surface area contributed by atoms with Crippen LogP contribution in [-0.2, 0) is 0 Å². The van der Waals surface area contributed by atoms with Crippen molar-refractivity contribution < 1.29 is 4.79 Å². The highest BCUT2D eigenvalue weighted by Crippen LogP contribution is 2.20. The van der Waals surface area contributed by atoms with E-state index in [2.05, 4.69) is 5.10 Å². The number of aromatic nitrogens is 2. The van der Waals surface area contributed by atoms with Crippen LogP contribution in [0.3, 0.4) is 0 Å². The van der Waals surface area contributed by atoms with Gasteiger partial charge in [0.15, 0.2) is 6.29 Å². The average molecular weight is 235 g/mol. The molecule has 0 aliphatic carbocycles. The largest absolute Gasteiger partial charge is 0.298 e. The molecular weight excluding hydrogens is 224 g/mol. The minimum atomic E-state index is 0.444. The lowest BCUT2D eigenvalue weighted by Gasteiger charge is -2.05. The van der Waals surface area contributed by atoms with Gasteiger partial charge in [-0.05, 0) is 38.1 Å². The molecule has 16 heavy (non-hydrogen) atoms. The molecule has 2 aromatic rings. The fourth-order valence-corrected chi connectivity index (χ4v) is 1.85. The molecule has 0 unspecified atom stereocenters. The molecule has 0 atom stereocenters. The number of halogens is 1. The fraction of sp³-hybridized carbons (Fsp3) is 0.167. The smallest absolute Gasteiger partial charge is 0.151 e. The van der Waals surface area contributed by atoms with Crippen LogP contribution in [0.5, 0.6) is 0 Å². The summed E-state index contributed by atoms with van der Waals surface area (Å²) in [6.07, 6.45) is 0.743. The molecule has 0 aliphatic rings. The van der Waals surface area contributed by atoms with Crippen LogP contribution in [0.1, 0.15) is 21.7 Å². The van der Waals surface area contributed by atoms with Gasteiger partial charge in [-0.15, -0.1) is 0 Å². The summed E-state index contributed by atoms with van der Waals surface area (Å²) >= 11 is 5.97. The van der Waals surface area contributed by atoms with Gasteiger partial charge < -0.3 is 0 Å². The van der Waals surface area contributed by atoms with E-state index in [0.717, 1.165) is 23.4 Å². The highest BCUT2D eigenvalue weighted by atomic mass is 35.5. The molecule has 0 saturated heterocycles. The third-order valence-corrected chi connectivity index (χ3v) is 2.69. The summed E-state index contributed by atoms with van der Waals surface area (Å²) in [5, 5.41) is 4.79. The molecule has 1 aromatic heterocycles. The summed E-state index contributed by atoms with van der Waals surface area (Å²) in [6, 6.07) is 7.25. The van der Waals surface area contributed by atoms with Crippen LogP contribution in [0.15, 0.2) is 24.3 Å². The van der Waals surface area contributed by atoms with Crippen molar-refractivity contribution in [3.63, 3.8) is 0 Å². The Morgan fingerprint density at radius 1 is 1.31 bits per heavy atom. The molecule has 0 radical (unpaired) electrons. The van der Waals surface area contributed by atoms with E-state index in [4.69, 9.17) is 11.6 Å². The second-order valence-electron chi connectivity index (χ2n) is 3.66. The first-order chi connectivity index (χ1) is 7.61. The van der Waals surface area contributed by atoms with E-state index >= 15 is 0 Å². The van der Waals surface area contributed by atoms with Crippen molar-refractivity contribution in [2.24, 2.45) is 0 Å². The third kappa shape index (κ3) is 1.86. The molecule has 1 aromatic carbocycles. The van der Waals surface area contributed by atoms with Crippen LogP contribution in [0.2, 0.25) is 5.02 Å². The molecule has 82 valence electrons. The number of aryl methyl sites for hydroxylation is 2. The van der Waals surface area contributed by atoms with Gasteiger partial charge >= 0.3 is 0 Å². The summed E-state index contributed by atoms with van der Waals surface area (Å²) in [7, 11) is 0. The van der Waals surface area contributed by atoms with Gasteiger partial charge in [-0.25, -0.2) is 4.68 Å². The average Bonchev–Trinajstić information content (AvgIpc) is 2.58. The number of carbonyl (C=O) groups excluding carboxylic acids is 1. The lowest BCUT2D eigenvalue weighted by atomic mass is 10.2. The molecule has 0 N–H and O–H groups in total. The first kappa shape index (κ1) is 10.9. The van der Waals surface area contributed by atoms with Crippen molar-refractivity contribution >= 4 is 17.9 Å². The van der Waals surface area contributed by atoms with Crippen LogP contribution in [0.25, 0.3) is 5.69 Å². The van der Waals surface area contributed by atoms with Crippen molar-refractivity contribution in [3.05, 3.63) is 46.2 Å². The second kappa shape index (κ2) is 4.10. The highest BCUT2D eigenvalue weighted by molar-refractivity contribution is 6.33. The number of aldehydes is 1. The lowest BCUT2D eigenvalue weighted by molar-refractivity contribution is 0.112. The Morgan fingerprint density at radius 3 is 2.56 bits per heavy atom. The summed E-state index contributed by atoms with van der Waals surface area (Å²) in [4.78, 5) is 10.6. The van der Waals surface area contributed by atoms with E-state index in [0.29, 0.717) is 10.6 Å². The van der Waals surface area contributed by atoms with Crippen LogP contribution in [0.4, 0.5) is 0 Å². The Labute approximate surface area is 98.7 Å². The Morgan fingerprint density at radius 2 is 2.06 bits per heavy atom. The minimum Gasteiger partial charge on any atom is -0.298 e. The van der Waals surface area contributed by atoms with E-state index < -0.39 is 0 Å². The van der Waals surface area contributed by atoms with Crippen molar-refractivity contribution in [1.29, 1.82) is 0 Å². The zero-order chi connectivity index (χ0) is 11.7. The van der Waals surface area contributed by atoms with Gasteiger partial charge in [0.2, 0.25) is 0 Å². The van der Waals surface area contributed by atoms with Crippen LogP contribution in [0, 0.1) is 13.8 Å². The van der Waals surface area contributed by atoms with Gasteiger partial charge in [0.1, 0.15) is 0 Å². The van der Waals surface area contributed by atoms with Gasteiger partial charge in [-0.3, -0.25) is 4.79 Å². The van der Waals surface area contributed by atoms with Gasteiger partial charge in [-0.2, -0.15) is 5.10 Å². The van der Waals surface area contributed by atoms with E-state index in [1.165, 1.54) is 0 Å². The quantitative estimate of drug-likeness (QED) is 0.749. The Hall–Kier alpha value is -1.61. The van der Waals surface area contributed by atoms with Crippen LogP contribution >= 0.6 is 11.6 Å². The van der Waals surface area contributed by atoms with Gasteiger partial charge in [0.25, 0.3) is 0 Å². The second-order valence-corrected chi connectivity index (χ2v) is 4.07. The SMILES string of the molecule is Cc1cc(C)n(-c2ccc(C=O)c(Cl)c2)n1. The van der Waals surface area contributed by atoms with Crippen molar-refractivity contribution in [2.75, 3.05) is 0 Å². The lowest BCUT2D eigenvalue weighted by Crippen LogP contribution is -1.99. The summed E-state index contributed by atoms with van der Waals surface area (Å²) in [5.74, 6) is 0. The Kier molecular flexibility index (Phi) is 2.79. The number of carbonyl (C=O) groups is 1. The van der Waals surface area contributed by atoms with E-state index in [1.54, 1.807) is 16.8 Å². The molecule has 4 heteroatoms. The van der Waals surface area contributed by atoms with Gasteiger partial charge in [0, 0.05) is 11.3 Å². The van der Waals surface area contributed by atoms with Gasteiger partial charge in [0.05, 0.1) is 16.4 Å². The summed E-state index contributed by atoms with van der Waals surface area (Å²) < 4.78 is 1.80. The maximum absolute atomic E-state index is 10.6. The topological polar surface area (TPSA) is 34.9 Å². The standard InChI is InChI=1S/C12H11ClN2O/c1-8-5-9(2)15(14-8)11-4-3-10(7-16)12(13)6-11/h3-7H,1-2H3. The van der Waals surface area contributed by atoms with E-state index in [9.17, 15) is 4.79 Å². The molecule has 0 saturated carbocycles. The van der Waals surface area contributed by atoms with Crippen molar-refractivity contribution in [1.82, 2.24) is 9.78 Å². The number of hydrogen-bond acceptors (Lipinski definition) is 2. The molecule has 0 fully saturated rings. The van der Waals surface area contributed by atoms with Crippen molar-refractivity contribution in [2.45, 2.75) is 13.8 Å². The predicted octanol–water partition coefficient (Wildman–Crippen LogP) is 2.96. The molecule has 3 nitrogen and oxygen atoms in total. The monoisotopic (exact) mass is 234 g/mol. The molecule has 2 rings (SSSR count). The summed E-state index contributed by atoms with van der Waals surface area (Å²) in [5.41, 5.74) is 3.34. The number of nitrogens with zero attached hydrogens (tertiary/aromatic N) is 2. The Balaban J connectivity index is 2.53. The minimum absolute atomic E-state index is 0.444. The predicted molar refractivity (Wildman–Crippen MR) is 63.4 cm³/mol. The van der Waals surface area contributed by atoms with Gasteiger partial charge in [-0.1, -0.05) is 11.6 Å². The molecule has 0 spiro atoms. The Bertz CT molecular complexity index is 546. The third-order valence-electron chi connectivity index (χ3n) is 2.37. The normalized spacial score (nSPS) is 10.4. The van der Waals surface area contributed by atoms with Crippen molar-refractivity contribution in [3.8, 4) is 5.69 Å². The van der Waals surface area contributed by atoms with E-state index in [1.807, 2.05) is 26.0 Å². The van der Waals surface area contributed by atoms with Crippen LogP contribution in [-0.4, -0.2) is 16.1 Å². The maximum Gasteiger partial charge on any atom is 0.151 e. The van der Waals surface area contributed by atoms with Crippen LogP contribution < -0.4 is 0 Å². The number of rotatable bonds is 2. The molecule has 1 heterocycles.